The number of cyclic esters (lactones) is 1. The van der Waals surface area contributed by atoms with E-state index in [1.807, 2.05) is 109 Å². The van der Waals surface area contributed by atoms with Crippen molar-refractivity contribution in [1.82, 2.24) is 15.5 Å². The van der Waals surface area contributed by atoms with Gasteiger partial charge in [0.1, 0.15) is 19.3 Å². The molecule has 0 saturated heterocycles. The van der Waals surface area contributed by atoms with Gasteiger partial charge in [0.15, 0.2) is 0 Å². The molecule has 2 aliphatic rings. The maximum atomic E-state index is 13.8. The number of hydrogen-bond donors (Lipinski definition) is 3. The topological polar surface area (TPSA) is 134 Å². The van der Waals surface area contributed by atoms with Crippen LogP contribution in [0.2, 0.25) is 0 Å². The summed E-state index contributed by atoms with van der Waals surface area (Å²) in [5.41, 5.74) is 6.03. The third-order valence-electron chi connectivity index (χ3n) is 9.77. The monoisotopic (exact) mass is 715 g/mol. The minimum Gasteiger partial charge on any atom is -0.462 e. The van der Waals surface area contributed by atoms with E-state index in [-0.39, 0.29) is 63.4 Å². The summed E-state index contributed by atoms with van der Waals surface area (Å²) in [5, 5.41) is 15.4. The smallest absolute Gasteiger partial charge is 0.407 e. The van der Waals surface area contributed by atoms with Gasteiger partial charge in [0, 0.05) is 25.4 Å². The van der Waals surface area contributed by atoms with Gasteiger partial charge in [-0.25, -0.2) is 9.59 Å². The molecular formula is C43H45N3O7. The summed E-state index contributed by atoms with van der Waals surface area (Å²) in [6.07, 6.45) is 3.78. The number of aliphatic hydroxyl groups excluding tert-OH is 1. The van der Waals surface area contributed by atoms with Crippen molar-refractivity contribution in [3.8, 4) is 11.1 Å². The lowest BCUT2D eigenvalue weighted by Gasteiger charge is -2.26. The van der Waals surface area contributed by atoms with Crippen LogP contribution >= 0.6 is 0 Å². The molecule has 3 amide bonds. The van der Waals surface area contributed by atoms with Crippen LogP contribution < -0.4 is 10.6 Å². The van der Waals surface area contributed by atoms with E-state index in [0.717, 1.165) is 33.4 Å². The van der Waals surface area contributed by atoms with Crippen molar-refractivity contribution >= 4 is 23.9 Å². The highest BCUT2D eigenvalue weighted by atomic mass is 16.6. The summed E-state index contributed by atoms with van der Waals surface area (Å²) in [6.45, 7) is 0.159. The van der Waals surface area contributed by atoms with Gasteiger partial charge in [-0.1, -0.05) is 121 Å². The molecule has 6 rings (SSSR count). The zero-order valence-electron chi connectivity index (χ0n) is 29.6. The van der Waals surface area contributed by atoms with E-state index in [9.17, 15) is 24.3 Å². The van der Waals surface area contributed by atoms with Crippen LogP contribution in [-0.2, 0) is 30.4 Å². The molecule has 3 N–H and O–H groups in total. The first-order valence-corrected chi connectivity index (χ1v) is 18.1. The minimum absolute atomic E-state index is 0.0731. The molecule has 1 aliphatic carbocycles. The van der Waals surface area contributed by atoms with Gasteiger partial charge in [0.25, 0.3) is 0 Å². The summed E-state index contributed by atoms with van der Waals surface area (Å²) in [7, 11) is 0. The molecule has 4 aromatic rings. The number of benzene rings is 4. The summed E-state index contributed by atoms with van der Waals surface area (Å²) in [5.74, 6) is -2.10. The first-order chi connectivity index (χ1) is 25.9. The maximum absolute atomic E-state index is 13.8. The van der Waals surface area contributed by atoms with Crippen molar-refractivity contribution in [3.63, 3.8) is 0 Å². The standard InChI is InChI=1S/C43H45N3O7/c47-25-24-46(27-30-14-4-1-5-15-30)40(48)26-32-18-8-3-9-23-38(42(50)52-29-39(44-41(32)49)31-16-6-2-7-17-31)45-43(51)53-28-37-35-21-12-10-19-33(35)34-20-11-13-22-36(34)37/h1-8,10-17,19-22,32,37-39,47H,9,18,23-29H2,(H,44,49)(H,45,51). The lowest BCUT2D eigenvalue weighted by Crippen LogP contribution is -2.44. The summed E-state index contributed by atoms with van der Waals surface area (Å²) >= 11 is 0. The van der Waals surface area contributed by atoms with Gasteiger partial charge >= 0.3 is 12.1 Å². The SMILES string of the molecule is O=C(NC1CCC=CCC(CC(=O)N(CCO)Cc2ccccc2)C(=O)NC(c2ccccc2)COC1=O)OCC1c2ccccc2-c2ccccc21. The number of carbonyl (C=O) groups excluding carboxylic acids is 4. The molecule has 0 fully saturated rings. The van der Waals surface area contributed by atoms with Gasteiger partial charge in [-0.05, 0) is 52.6 Å². The highest BCUT2D eigenvalue weighted by Gasteiger charge is 2.31. The van der Waals surface area contributed by atoms with Crippen LogP contribution in [0.4, 0.5) is 4.79 Å². The second-order valence-corrected chi connectivity index (χ2v) is 13.3. The van der Waals surface area contributed by atoms with E-state index in [1.54, 1.807) is 4.90 Å². The van der Waals surface area contributed by atoms with E-state index < -0.39 is 30.1 Å². The average molecular weight is 716 g/mol. The molecule has 0 saturated carbocycles. The van der Waals surface area contributed by atoms with Crippen LogP contribution in [-0.4, -0.2) is 66.3 Å². The number of amides is 3. The number of carbonyl (C=O) groups is 4. The number of fused-ring (bicyclic) bond motifs is 3. The number of rotatable bonds is 10. The molecular weight excluding hydrogens is 670 g/mol. The van der Waals surface area contributed by atoms with Gasteiger partial charge in [-0.3, -0.25) is 9.59 Å². The lowest BCUT2D eigenvalue weighted by molar-refractivity contribution is -0.147. The predicted molar refractivity (Wildman–Crippen MR) is 200 cm³/mol. The van der Waals surface area contributed by atoms with Gasteiger partial charge < -0.3 is 30.1 Å². The molecule has 53 heavy (non-hydrogen) atoms. The van der Waals surface area contributed by atoms with Crippen LogP contribution in [0, 0.1) is 5.92 Å². The fourth-order valence-electron chi connectivity index (χ4n) is 6.97. The van der Waals surface area contributed by atoms with Gasteiger partial charge in [0.05, 0.1) is 18.6 Å². The maximum Gasteiger partial charge on any atom is 0.407 e. The lowest BCUT2D eigenvalue weighted by atomic mass is 9.97. The highest BCUT2D eigenvalue weighted by molar-refractivity contribution is 5.86. The molecule has 0 bridgehead atoms. The number of ether oxygens (including phenoxy) is 2. The average Bonchev–Trinajstić information content (AvgIpc) is 3.51. The summed E-state index contributed by atoms with van der Waals surface area (Å²) < 4.78 is 11.5. The van der Waals surface area contributed by atoms with Crippen LogP contribution in [0.3, 0.4) is 0 Å². The fraction of sp³-hybridized carbons (Fsp3) is 0.302. The Balaban J connectivity index is 1.14. The van der Waals surface area contributed by atoms with Crippen molar-refractivity contribution in [2.24, 2.45) is 5.92 Å². The van der Waals surface area contributed by atoms with Crippen molar-refractivity contribution in [3.05, 3.63) is 144 Å². The Morgan fingerprint density at radius 3 is 2.17 bits per heavy atom. The molecule has 1 aliphatic heterocycles. The second-order valence-electron chi connectivity index (χ2n) is 13.3. The molecule has 1 heterocycles. The number of nitrogens with zero attached hydrogens (tertiary/aromatic N) is 1. The fourth-order valence-corrected chi connectivity index (χ4v) is 6.97. The molecule has 0 spiro atoms. The first kappa shape index (κ1) is 37.0. The minimum atomic E-state index is -0.995. The Labute approximate surface area is 309 Å². The molecule has 0 aromatic heterocycles. The summed E-state index contributed by atoms with van der Waals surface area (Å²) in [6, 6.07) is 33.1. The quantitative estimate of drug-likeness (QED) is 0.134. The van der Waals surface area contributed by atoms with Crippen molar-refractivity contribution in [2.45, 2.75) is 50.2 Å². The first-order valence-electron chi connectivity index (χ1n) is 18.1. The van der Waals surface area contributed by atoms with Crippen molar-refractivity contribution < 1.29 is 33.8 Å². The van der Waals surface area contributed by atoms with Crippen molar-refractivity contribution in [2.75, 3.05) is 26.4 Å². The number of aliphatic hydroxyl groups is 1. The Morgan fingerprint density at radius 2 is 1.49 bits per heavy atom. The van der Waals surface area contributed by atoms with E-state index in [4.69, 9.17) is 9.47 Å². The molecule has 10 heteroatoms. The normalized spacial score (nSPS) is 18.9. The molecule has 10 nitrogen and oxygen atoms in total. The largest absolute Gasteiger partial charge is 0.462 e. The number of esters is 1. The molecule has 4 aromatic carbocycles. The van der Waals surface area contributed by atoms with Crippen molar-refractivity contribution in [1.29, 1.82) is 0 Å². The van der Waals surface area contributed by atoms with Crippen LogP contribution in [0.5, 0.6) is 0 Å². The highest BCUT2D eigenvalue weighted by Crippen LogP contribution is 2.44. The third-order valence-corrected chi connectivity index (χ3v) is 9.77. The molecule has 3 atom stereocenters. The van der Waals surface area contributed by atoms with Crippen LogP contribution in [0.15, 0.2) is 121 Å². The Bertz CT molecular complexity index is 1850. The molecule has 3 unspecified atom stereocenters. The van der Waals surface area contributed by atoms with Crippen LogP contribution in [0.1, 0.15) is 59.9 Å². The van der Waals surface area contributed by atoms with E-state index in [2.05, 4.69) is 22.8 Å². The Kier molecular flexibility index (Phi) is 12.7. The van der Waals surface area contributed by atoms with E-state index in [0.29, 0.717) is 13.0 Å². The number of nitrogens with one attached hydrogen (secondary N) is 2. The third kappa shape index (κ3) is 9.58. The Hall–Kier alpha value is -5.74. The zero-order valence-corrected chi connectivity index (χ0v) is 29.6. The van der Waals surface area contributed by atoms with Gasteiger partial charge in [0.2, 0.25) is 11.8 Å². The predicted octanol–water partition coefficient (Wildman–Crippen LogP) is 6.06. The number of hydrogen-bond acceptors (Lipinski definition) is 7. The van der Waals surface area contributed by atoms with Crippen LogP contribution in [0.25, 0.3) is 11.1 Å². The number of alkyl carbamates (subject to hydrolysis) is 1. The molecule has 0 radical (unpaired) electrons. The van der Waals surface area contributed by atoms with E-state index in [1.165, 1.54) is 0 Å². The zero-order chi connectivity index (χ0) is 37.0. The second kappa shape index (κ2) is 18.1. The van der Waals surface area contributed by atoms with Gasteiger partial charge in [-0.2, -0.15) is 0 Å². The number of allylic oxidation sites excluding steroid dienone is 2. The van der Waals surface area contributed by atoms with Gasteiger partial charge in [-0.15, -0.1) is 0 Å². The summed E-state index contributed by atoms with van der Waals surface area (Å²) in [4.78, 5) is 55.6. The van der Waals surface area contributed by atoms with E-state index >= 15 is 0 Å². The Morgan fingerprint density at radius 1 is 0.849 bits per heavy atom. The molecule has 274 valence electrons.